The molecule has 1 aromatic carbocycles. The van der Waals surface area contributed by atoms with Crippen LogP contribution in [0.15, 0.2) is 29.3 Å². The predicted octanol–water partition coefficient (Wildman–Crippen LogP) is 3.20. The third kappa shape index (κ3) is 11.0. The van der Waals surface area contributed by atoms with E-state index >= 15 is 0 Å². The normalized spacial score (nSPS) is 10.7. The highest BCUT2D eigenvalue weighted by molar-refractivity contribution is 14.0. The molecule has 0 aliphatic rings. The van der Waals surface area contributed by atoms with Crippen LogP contribution in [-0.4, -0.2) is 56.1 Å². The number of amides is 1. The van der Waals surface area contributed by atoms with Gasteiger partial charge in [-0.05, 0) is 39.8 Å². The lowest BCUT2D eigenvalue weighted by Crippen LogP contribution is -2.40. The molecule has 1 aromatic rings. The molecule has 0 fully saturated rings. The summed E-state index contributed by atoms with van der Waals surface area (Å²) in [4.78, 5) is 18.4. The van der Waals surface area contributed by atoms with E-state index in [0.717, 1.165) is 37.8 Å². The van der Waals surface area contributed by atoms with Crippen LogP contribution in [0.1, 0.15) is 39.2 Å². The van der Waals surface area contributed by atoms with Crippen molar-refractivity contribution in [2.24, 2.45) is 4.99 Å². The van der Waals surface area contributed by atoms with Crippen LogP contribution in [0, 0.1) is 6.92 Å². The van der Waals surface area contributed by atoms with Crippen LogP contribution in [0.4, 0.5) is 0 Å². The molecular weight excluding hydrogens is 455 g/mol. The predicted molar refractivity (Wildman–Crippen MR) is 123 cm³/mol. The first-order valence-corrected chi connectivity index (χ1v) is 9.60. The lowest BCUT2D eigenvalue weighted by atomic mass is 10.2. The SMILES string of the molecule is CCNC(=NCCCOc1ccc(C)cc1)NCCC(=O)N(CC)CC.I. The average molecular weight is 490 g/mol. The Morgan fingerprint density at radius 1 is 1.11 bits per heavy atom. The molecule has 0 aliphatic carbocycles. The molecule has 0 spiro atoms. The fraction of sp³-hybridized carbons (Fsp3) is 0.600. The number of nitrogens with one attached hydrogen (secondary N) is 2. The zero-order valence-electron chi connectivity index (χ0n) is 17.1. The Morgan fingerprint density at radius 2 is 1.78 bits per heavy atom. The van der Waals surface area contributed by atoms with Gasteiger partial charge in [0, 0.05) is 45.6 Å². The summed E-state index contributed by atoms with van der Waals surface area (Å²) in [5, 5.41) is 6.42. The molecule has 27 heavy (non-hydrogen) atoms. The Morgan fingerprint density at radius 3 is 2.37 bits per heavy atom. The van der Waals surface area contributed by atoms with Crippen LogP contribution in [0.3, 0.4) is 0 Å². The van der Waals surface area contributed by atoms with Crippen LogP contribution in [0.2, 0.25) is 0 Å². The van der Waals surface area contributed by atoms with Gasteiger partial charge in [-0.25, -0.2) is 0 Å². The van der Waals surface area contributed by atoms with Gasteiger partial charge in [-0.15, -0.1) is 24.0 Å². The van der Waals surface area contributed by atoms with Crippen molar-refractivity contribution in [2.75, 3.05) is 39.3 Å². The van der Waals surface area contributed by atoms with E-state index in [-0.39, 0.29) is 29.9 Å². The molecule has 0 aromatic heterocycles. The van der Waals surface area contributed by atoms with Gasteiger partial charge in [0.1, 0.15) is 5.75 Å². The van der Waals surface area contributed by atoms with Crippen molar-refractivity contribution in [3.8, 4) is 5.75 Å². The van der Waals surface area contributed by atoms with Crippen molar-refractivity contribution in [2.45, 2.75) is 40.5 Å². The summed E-state index contributed by atoms with van der Waals surface area (Å²) < 4.78 is 5.71. The maximum atomic E-state index is 12.0. The molecule has 0 saturated carbocycles. The summed E-state index contributed by atoms with van der Waals surface area (Å²) in [6.45, 7) is 12.3. The maximum Gasteiger partial charge on any atom is 0.224 e. The Kier molecular flexibility index (Phi) is 14.7. The van der Waals surface area contributed by atoms with Gasteiger partial charge >= 0.3 is 0 Å². The Balaban J connectivity index is 0.00000676. The van der Waals surface area contributed by atoms with Gasteiger partial charge in [-0.3, -0.25) is 9.79 Å². The van der Waals surface area contributed by atoms with E-state index in [1.165, 1.54) is 5.56 Å². The molecule has 0 atom stereocenters. The Labute approximate surface area is 181 Å². The van der Waals surface area contributed by atoms with Gasteiger partial charge in [0.2, 0.25) is 5.91 Å². The third-order valence-electron chi connectivity index (χ3n) is 3.95. The fourth-order valence-electron chi connectivity index (χ4n) is 2.44. The first kappa shape index (κ1) is 25.5. The van der Waals surface area contributed by atoms with Crippen molar-refractivity contribution in [1.82, 2.24) is 15.5 Å². The Bertz CT molecular complexity index is 545. The van der Waals surface area contributed by atoms with Gasteiger partial charge in [-0.2, -0.15) is 0 Å². The maximum absolute atomic E-state index is 12.0. The number of guanidine groups is 1. The number of carbonyl (C=O) groups is 1. The minimum Gasteiger partial charge on any atom is -0.494 e. The Hall–Kier alpha value is -1.51. The van der Waals surface area contributed by atoms with E-state index in [9.17, 15) is 4.79 Å². The van der Waals surface area contributed by atoms with E-state index in [2.05, 4.69) is 22.5 Å². The van der Waals surface area contributed by atoms with E-state index in [1.54, 1.807) is 0 Å². The van der Waals surface area contributed by atoms with Crippen LogP contribution >= 0.6 is 24.0 Å². The quantitative estimate of drug-likeness (QED) is 0.217. The zero-order valence-corrected chi connectivity index (χ0v) is 19.4. The summed E-state index contributed by atoms with van der Waals surface area (Å²) >= 11 is 0. The molecule has 0 heterocycles. The number of rotatable bonds is 11. The average Bonchev–Trinajstić information content (AvgIpc) is 2.64. The largest absolute Gasteiger partial charge is 0.494 e. The van der Waals surface area contributed by atoms with Gasteiger partial charge < -0.3 is 20.3 Å². The monoisotopic (exact) mass is 490 g/mol. The lowest BCUT2D eigenvalue weighted by Gasteiger charge is -2.19. The highest BCUT2D eigenvalue weighted by Crippen LogP contribution is 2.11. The minimum absolute atomic E-state index is 0. The molecule has 0 unspecified atom stereocenters. The van der Waals surface area contributed by atoms with Crippen molar-refractivity contribution in [1.29, 1.82) is 0 Å². The molecule has 0 saturated heterocycles. The van der Waals surface area contributed by atoms with E-state index < -0.39 is 0 Å². The minimum atomic E-state index is 0. The molecule has 1 rings (SSSR count). The number of aliphatic imine (C=N–C) groups is 1. The molecule has 0 aliphatic heterocycles. The number of nitrogens with zero attached hydrogens (tertiary/aromatic N) is 2. The first-order valence-electron chi connectivity index (χ1n) is 9.60. The second-order valence-electron chi connectivity index (χ2n) is 6.02. The zero-order chi connectivity index (χ0) is 19.2. The summed E-state index contributed by atoms with van der Waals surface area (Å²) in [7, 11) is 0. The van der Waals surface area contributed by atoms with E-state index in [4.69, 9.17) is 4.74 Å². The highest BCUT2D eigenvalue weighted by atomic mass is 127. The fourth-order valence-corrected chi connectivity index (χ4v) is 2.44. The summed E-state index contributed by atoms with van der Waals surface area (Å²) in [6.07, 6.45) is 1.31. The topological polar surface area (TPSA) is 66.0 Å². The van der Waals surface area contributed by atoms with Crippen LogP contribution in [0.5, 0.6) is 5.75 Å². The smallest absolute Gasteiger partial charge is 0.224 e. The van der Waals surface area contributed by atoms with E-state index in [0.29, 0.717) is 26.1 Å². The van der Waals surface area contributed by atoms with Crippen molar-refractivity contribution >= 4 is 35.8 Å². The molecule has 1 amide bonds. The molecule has 2 N–H and O–H groups in total. The summed E-state index contributed by atoms with van der Waals surface area (Å²) in [6, 6.07) is 8.05. The van der Waals surface area contributed by atoms with Crippen LogP contribution in [-0.2, 0) is 4.79 Å². The highest BCUT2D eigenvalue weighted by Gasteiger charge is 2.08. The molecular formula is C20H35IN4O2. The summed E-state index contributed by atoms with van der Waals surface area (Å²) in [5.41, 5.74) is 1.22. The molecule has 7 heteroatoms. The molecule has 0 bridgehead atoms. The number of carbonyl (C=O) groups excluding carboxylic acids is 1. The second-order valence-corrected chi connectivity index (χ2v) is 6.02. The number of ether oxygens (including phenoxy) is 1. The number of aryl methyl sites for hydroxylation is 1. The second kappa shape index (κ2) is 15.5. The van der Waals surface area contributed by atoms with Crippen LogP contribution in [0.25, 0.3) is 0 Å². The molecule has 154 valence electrons. The summed E-state index contributed by atoms with van der Waals surface area (Å²) in [5.74, 6) is 1.81. The van der Waals surface area contributed by atoms with Gasteiger partial charge in [0.25, 0.3) is 0 Å². The number of benzene rings is 1. The van der Waals surface area contributed by atoms with Gasteiger partial charge in [-0.1, -0.05) is 17.7 Å². The van der Waals surface area contributed by atoms with Crippen LogP contribution < -0.4 is 15.4 Å². The standard InChI is InChI=1S/C20H34N4O2.HI/c1-5-21-20(23-15-13-19(25)24(6-2)7-3)22-14-8-16-26-18-11-9-17(4)10-12-18;/h9-12H,5-8,13-16H2,1-4H3,(H2,21,22,23);1H. The third-order valence-corrected chi connectivity index (χ3v) is 3.95. The lowest BCUT2D eigenvalue weighted by molar-refractivity contribution is -0.130. The molecule has 0 radical (unpaired) electrons. The van der Waals surface area contributed by atoms with Gasteiger partial charge in [0.15, 0.2) is 5.96 Å². The number of hydrogen-bond acceptors (Lipinski definition) is 3. The van der Waals surface area contributed by atoms with Gasteiger partial charge in [0.05, 0.1) is 6.61 Å². The molecule has 6 nitrogen and oxygen atoms in total. The number of hydrogen-bond donors (Lipinski definition) is 2. The van der Waals surface area contributed by atoms with Crippen molar-refractivity contribution in [3.63, 3.8) is 0 Å². The van der Waals surface area contributed by atoms with E-state index in [1.807, 2.05) is 49.9 Å². The number of halogens is 1. The first-order chi connectivity index (χ1) is 12.6. The van der Waals surface area contributed by atoms with Crippen molar-refractivity contribution < 1.29 is 9.53 Å². The van der Waals surface area contributed by atoms with Crippen molar-refractivity contribution in [3.05, 3.63) is 29.8 Å².